The van der Waals surface area contributed by atoms with Gasteiger partial charge in [-0.15, -0.1) is 12.4 Å². The summed E-state index contributed by atoms with van der Waals surface area (Å²) in [4.78, 5) is 0.349. The second-order valence-electron chi connectivity index (χ2n) is 5.38. The van der Waals surface area contributed by atoms with Gasteiger partial charge in [-0.2, -0.15) is 0 Å². The second kappa shape index (κ2) is 7.34. The van der Waals surface area contributed by atoms with Gasteiger partial charge in [-0.25, -0.2) is 8.42 Å². The van der Waals surface area contributed by atoms with Gasteiger partial charge in [-0.3, -0.25) is 4.31 Å². The van der Waals surface area contributed by atoms with E-state index in [9.17, 15) is 8.42 Å². The average molecular weight is 353 g/mol. The molecule has 2 aromatic rings. The van der Waals surface area contributed by atoms with Crippen LogP contribution in [-0.4, -0.2) is 21.5 Å². The SMILES string of the molecule is CCc1ccc(S(=O)(=O)N2CCNCc3ccccc32)cc1.Cl. The summed E-state index contributed by atoms with van der Waals surface area (Å²) in [5.74, 6) is 0. The molecule has 0 fully saturated rings. The summed E-state index contributed by atoms with van der Waals surface area (Å²) in [5.41, 5.74) is 2.91. The maximum Gasteiger partial charge on any atom is 0.264 e. The molecular formula is C17H21ClN2O2S. The Labute approximate surface area is 144 Å². The van der Waals surface area contributed by atoms with E-state index in [0.29, 0.717) is 24.5 Å². The predicted molar refractivity (Wildman–Crippen MR) is 95.7 cm³/mol. The highest BCUT2D eigenvalue weighted by Gasteiger charge is 2.27. The molecule has 3 rings (SSSR count). The fourth-order valence-electron chi connectivity index (χ4n) is 2.70. The Hall–Kier alpha value is -1.56. The molecule has 0 radical (unpaired) electrons. The van der Waals surface area contributed by atoms with Gasteiger partial charge in [0, 0.05) is 19.6 Å². The highest BCUT2D eigenvalue weighted by atomic mass is 35.5. The standard InChI is InChI=1S/C17H20N2O2S.ClH/c1-2-14-7-9-16(10-8-14)22(20,21)19-12-11-18-13-15-5-3-4-6-17(15)19;/h3-10,18H,2,11-13H2,1H3;1H. The number of nitrogens with zero attached hydrogens (tertiary/aromatic N) is 1. The quantitative estimate of drug-likeness (QED) is 0.923. The molecule has 0 bridgehead atoms. The molecule has 0 amide bonds. The highest BCUT2D eigenvalue weighted by Crippen LogP contribution is 2.28. The summed E-state index contributed by atoms with van der Waals surface area (Å²) in [7, 11) is -3.53. The van der Waals surface area contributed by atoms with Crippen LogP contribution >= 0.6 is 12.4 Å². The minimum Gasteiger partial charge on any atom is -0.311 e. The van der Waals surface area contributed by atoms with E-state index in [4.69, 9.17) is 0 Å². The van der Waals surface area contributed by atoms with Crippen LogP contribution in [0.5, 0.6) is 0 Å². The smallest absolute Gasteiger partial charge is 0.264 e. The molecule has 1 aliphatic rings. The summed E-state index contributed by atoms with van der Waals surface area (Å²) in [6, 6.07) is 14.8. The van der Waals surface area contributed by atoms with Crippen molar-refractivity contribution in [2.75, 3.05) is 17.4 Å². The molecule has 1 N–H and O–H groups in total. The van der Waals surface area contributed by atoms with Crippen molar-refractivity contribution < 1.29 is 8.42 Å². The van der Waals surface area contributed by atoms with Crippen molar-refractivity contribution in [3.63, 3.8) is 0 Å². The molecule has 1 aliphatic heterocycles. The third kappa shape index (κ3) is 3.52. The van der Waals surface area contributed by atoms with Crippen molar-refractivity contribution in [3.05, 3.63) is 59.7 Å². The first-order valence-electron chi connectivity index (χ1n) is 7.53. The number of aryl methyl sites for hydroxylation is 1. The van der Waals surface area contributed by atoms with Gasteiger partial charge < -0.3 is 5.32 Å². The molecule has 2 aromatic carbocycles. The molecular weight excluding hydrogens is 332 g/mol. The predicted octanol–water partition coefficient (Wildman–Crippen LogP) is 2.97. The number of hydrogen-bond donors (Lipinski definition) is 1. The molecule has 6 heteroatoms. The van der Waals surface area contributed by atoms with Crippen LogP contribution in [0.2, 0.25) is 0 Å². The van der Waals surface area contributed by atoms with Gasteiger partial charge in [0.2, 0.25) is 0 Å². The summed E-state index contributed by atoms with van der Waals surface area (Å²) < 4.78 is 27.5. The summed E-state index contributed by atoms with van der Waals surface area (Å²) in [6.07, 6.45) is 0.900. The normalized spacial score (nSPS) is 14.6. The number of para-hydroxylation sites is 1. The molecule has 23 heavy (non-hydrogen) atoms. The Bertz CT molecular complexity index is 760. The third-order valence-electron chi connectivity index (χ3n) is 3.99. The number of nitrogens with one attached hydrogen (secondary N) is 1. The Morgan fingerprint density at radius 1 is 1.09 bits per heavy atom. The van der Waals surface area contributed by atoms with Gasteiger partial charge in [0.25, 0.3) is 10.0 Å². The molecule has 0 saturated heterocycles. The number of anilines is 1. The van der Waals surface area contributed by atoms with Gasteiger partial charge in [-0.05, 0) is 35.7 Å². The molecule has 0 atom stereocenters. The lowest BCUT2D eigenvalue weighted by Crippen LogP contribution is -2.34. The monoisotopic (exact) mass is 352 g/mol. The number of rotatable bonds is 3. The van der Waals surface area contributed by atoms with Crippen LogP contribution in [0.15, 0.2) is 53.4 Å². The fraction of sp³-hybridized carbons (Fsp3) is 0.294. The topological polar surface area (TPSA) is 49.4 Å². The molecule has 4 nitrogen and oxygen atoms in total. The Morgan fingerprint density at radius 2 is 1.78 bits per heavy atom. The molecule has 1 heterocycles. The lowest BCUT2D eigenvalue weighted by molar-refractivity contribution is 0.589. The number of fused-ring (bicyclic) bond motifs is 1. The van der Waals surface area contributed by atoms with Crippen molar-refractivity contribution >= 4 is 28.1 Å². The minimum absolute atomic E-state index is 0. The molecule has 0 aromatic heterocycles. The molecule has 124 valence electrons. The van der Waals surface area contributed by atoms with E-state index in [1.807, 2.05) is 36.4 Å². The fourth-order valence-corrected chi connectivity index (χ4v) is 4.20. The molecule has 0 spiro atoms. The van der Waals surface area contributed by atoms with E-state index in [2.05, 4.69) is 12.2 Å². The largest absolute Gasteiger partial charge is 0.311 e. The van der Waals surface area contributed by atoms with E-state index < -0.39 is 10.0 Å². The third-order valence-corrected chi connectivity index (χ3v) is 5.81. The minimum atomic E-state index is -3.53. The number of hydrogen-bond acceptors (Lipinski definition) is 3. The Morgan fingerprint density at radius 3 is 2.48 bits per heavy atom. The first-order chi connectivity index (χ1) is 10.6. The van der Waals surface area contributed by atoms with E-state index in [0.717, 1.165) is 23.2 Å². The van der Waals surface area contributed by atoms with Crippen LogP contribution in [0.1, 0.15) is 18.1 Å². The zero-order chi connectivity index (χ0) is 15.6. The molecule has 0 unspecified atom stereocenters. The van der Waals surface area contributed by atoms with E-state index in [-0.39, 0.29) is 12.4 Å². The average Bonchev–Trinajstić information content (AvgIpc) is 2.77. The maximum atomic E-state index is 13.0. The van der Waals surface area contributed by atoms with Crippen LogP contribution in [0.25, 0.3) is 0 Å². The van der Waals surface area contributed by atoms with Crippen molar-refractivity contribution in [2.45, 2.75) is 24.8 Å². The van der Waals surface area contributed by atoms with Crippen LogP contribution in [-0.2, 0) is 23.0 Å². The maximum absolute atomic E-state index is 13.0. The van der Waals surface area contributed by atoms with Gasteiger partial charge in [-0.1, -0.05) is 37.3 Å². The number of benzene rings is 2. The van der Waals surface area contributed by atoms with Gasteiger partial charge in [0.1, 0.15) is 0 Å². The van der Waals surface area contributed by atoms with E-state index in [1.165, 1.54) is 4.31 Å². The van der Waals surface area contributed by atoms with Crippen molar-refractivity contribution in [1.29, 1.82) is 0 Å². The van der Waals surface area contributed by atoms with Gasteiger partial charge >= 0.3 is 0 Å². The lowest BCUT2D eigenvalue weighted by Gasteiger charge is -2.24. The zero-order valence-electron chi connectivity index (χ0n) is 13.0. The van der Waals surface area contributed by atoms with Crippen molar-refractivity contribution in [1.82, 2.24) is 5.32 Å². The van der Waals surface area contributed by atoms with Crippen LogP contribution in [0.3, 0.4) is 0 Å². The Balaban J connectivity index is 0.00000192. The highest BCUT2D eigenvalue weighted by molar-refractivity contribution is 7.92. The van der Waals surface area contributed by atoms with Gasteiger partial charge in [0.05, 0.1) is 10.6 Å². The zero-order valence-corrected chi connectivity index (χ0v) is 14.7. The Kier molecular flexibility index (Phi) is 5.68. The molecule has 0 saturated carbocycles. The summed E-state index contributed by atoms with van der Waals surface area (Å²) in [5, 5.41) is 3.27. The van der Waals surface area contributed by atoms with E-state index >= 15 is 0 Å². The van der Waals surface area contributed by atoms with Crippen LogP contribution in [0, 0.1) is 0 Å². The van der Waals surface area contributed by atoms with Crippen molar-refractivity contribution in [2.24, 2.45) is 0 Å². The van der Waals surface area contributed by atoms with Gasteiger partial charge in [0.15, 0.2) is 0 Å². The first-order valence-corrected chi connectivity index (χ1v) is 8.97. The summed E-state index contributed by atoms with van der Waals surface area (Å²) in [6.45, 7) is 3.83. The first kappa shape index (κ1) is 17.8. The molecule has 0 aliphatic carbocycles. The van der Waals surface area contributed by atoms with Crippen LogP contribution in [0.4, 0.5) is 5.69 Å². The van der Waals surface area contributed by atoms with Crippen LogP contribution < -0.4 is 9.62 Å². The van der Waals surface area contributed by atoms with Crippen molar-refractivity contribution in [3.8, 4) is 0 Å². The second-order valence-corrected chi connectivity index (χ2v) is 7.24. The number of halogens is 1. The van der Waals surface area contributed by atoms with E-state index in [1.54, 1.807) is 12.1 Å². The number of sulfonamides is 1. The summed E-state index contributed by atoms with van der Waals surface area (Å²) >= 11 is 0. The lowest BCUT2D eigenvalue weighted by atomic mass is 10.2.